The Bertz CT molecular complexity index is 955. The van der Waals surface area contributed by atoms with Crippen molar-refractivity contribution in [2.75, 3.05) is 24.5 Å². The molecular weight excluding hydrogens is 414 g/mol. The van der Waals surface area contributed by atoms with Gasteiger partial charge in [0.15, 0.2) is 0 Å². The van der Waals surface area contributed by atoms with Crippen LogP contribution >= 0.6 is 11.6 Å². The second kappa shape index (κ2) is 9.18. The molecule has 0 radical (unpaired) electrons. The zero-order valence-electron chi connectivity index (χ0n) is 17.9. The van der Waals surface area contributed by atoms with Gasteiger partial charge < -0.3 is 15.0 Å². The van der Waals surface area contributed by atoms with Gasteiger partial charge in [-0.3, -0.25) is 9.69 Å². The van der Waals surface area contributed by atoms with Crippen molar-refractivity contribution in [3.05, 3.63) is 58.6 Å². The molecule has 2 aliphatic rings. The SMILES string of the molecule is Cc1ccc(CNC(=O)C2CCN(C(=O)N3C[C@H](C)Oc4ccc(Cl)cc43)CC2)cc1. The van der Waals surface area contributed by atoms with Crippen LogP contribution in [0.4, 0.5) is 10.5 Å². The topological polar surface area (TPSA) is 61.9 Å². The molecule has 2 heterocycles. The summed E-state index contributed by atoms with van der Waals surface area (Å²) in [6.45, 7) is 6.11. The lowest BCUT2D eigenvalue weighted by molar-refractivity contribution is -0.126. The molecule has 0 spiro atoms. The van der Waals surface area contributed by atoms with Crippen LogP contribution in [0.15, 0.2) is 42.5 Å². The van der Waals surface area contributed by atoms with E-state index in [2.05, 4.69) is 5.32 Å². The summed E-state index contributed by atoms with van der Waals surface area (Å²) < 4.78 is 5.85. The van der Waals surface area contributed by atoms with Crippen molar-refractivity contribution in [3.8, 4) is 5.75 Å². The highest BCUT2D eigenvalue weighted by atomic mass is 35.5. The molecule has 2 aromatic rings. The van der Waals surface area contributed by atoms with Crippen molar-refractivity contribution in [2.45, 2.75) is 39.3 Å². The van der Waals surface area contributed by atoms with Gasteiger partial charge in [-0.1, -0.05) is 41.4 Å². The first kappa shape index (κ1) is 21.5. The monoisotopic (exact) mass is 441 g/mol. The first-order chi connectivity index (χ1) is 14.9. The lowest BCUT2D eigenvalue weighted by Gasteiger charge is -2.39. The molecule has 2 aliphatic heterocycles. The number of hydrogen-bond donors (Lipinski definition) is 1. The first-order valence-electron chi connectivity index (χ1n) is 10.8. The number of halogens is 1. The minimum atomic E-state index is -0.0947. The minimum absolute atomic E-state index is 0.0582. The molecule has 4 rings (SSSR count). The fourth-order valence-corrected chi connectivity index (χ4v) is 4.30. The van der Waals surface area contributed by atoms with Crippen LogP contribution in [0.3, 0.4) is 0 Å². The lowest BCUT2D eigenvalue weighted by Crippen LogP contribution is -2.52. The van der Waals surface area contributed by atoms with Crippen molar-refractivity contribution < 1.29 is 14.3 Å². The summed E-state index contributed by atoms with van der Waals surface area (Å²) in [7, 11) is 0. The summed E-state index contributed by atoms with van der Waals surface area (Å²) >= 11 is 6.15. The van der Waals surface area contributed by atoms with Gasteiger partial charge in [-0.05, 0) is 50.5 Å². The van der Waals surface area contributed by atoms with E-state index in [0.717, 1.165) is 5.56 Å². The molecule has 0 unspecified atom stereocenters. The van der Waals surface area contributed by atoms with Crippen molar-refractivity contribution in [2.24, 2.45) is 5.92 Å². The van der Waals surface area contributed by atoms with Gasteiger partial charge in [-0.15, -0.1) is 0 Å². The number of likely N-dealkylation sites (tertiary alicyclic amines) is 1. The van der Waals surface area contributed by atoms with Crippen LogP contribution in [0.5, 0.6) is 5.75 Å². The van der Waals surface area contributed by atoms with Crippen LogP contribution < -0.4 is 15.0 Å². The second-order valence-electron chi connectivity index (χ2n) is 8.40. The molecule has 1 atom stereocenters. The third-order valence-corrected chi connectivity index (χ3v) is 6.17. The number of rotatable bonds is 3. The smallest absolute Gasteiger partial charge is 0.324 e. The Hall–Kier alpha value is -2.73. The van der Waals surface area contributed by atoms with Gasteiger partial charge in [0, 0.05) is 30.6 Å². The zero-order chi connectivity index (χ0) is 22.0. The van der Waals surface area contributed by atoms with Crippen LogP contribution in [0, 0.1) is 12.8 Å². The molecule has 3 amide bonds. The van der Waals surface area contributed by atoms with E-state index in [0.29, 0.717) is 55.5 Å². The number of ether oxygens (including phenoxy) is 1. The molecular formula is C24H28ClN3O3. The molecule has 164 valence electrons. The predicted octanol–water partition coefficient (Wildman–Crippen LogP) is 4.38. The number of aryl methyl sites for hydroxylation is 1. The van der Waals surface area contributed by atoms with Gasteiger partial charge in [0.25, 0.3) is 0 Å². The summed E-state index contributed by atoms with van der Waals surface area (Å²) in [4.78, 5) is 29.4. The number of anilines is 1. The standard InChI is InChI=1S/C24H28ClN3O3/c1-16-3-5-18(6-4-16)14-26-23(29)19-9-11-27(12-10-19)24(30)28-15-17(2)31-22-8-7-20(25)13-21(22)28/h3-8,13,17,19H,9-12,14-15H2,1-2H3,(H,26,29)/t17-/m0/s1. The van der Waals surface area contributed by atoms with Gasteiger partial charge in [0.05, 0.1) is 12.2 Å². The summed E-state index contributed by atoms with van der Waals surface area (Å²) in [5.41, 5.74) is 2.99. The number of fused-ring (bicyclic) bond motifs is 1. The predicted molar refractivity (Wildman–Crippen MR) is 122 cm³/mol. The number of carbonyl (C=O) groups excluding carboxylic acids is 2. The van der Waals surface area contributed by atoms with Crippen molar-refractivity contribution in [1.29, 1.82) is 0 Å². The Kier molecular flexibility index (Phi) is 6.37. The highest BCUT2D eigenvalue weighted by Crippen LogP contribution is 2.36. The Morgan fingerprint density at radius 1 is 1.13 bits per heavy atom. The van der Waals surface area contributed by atoms with E-state index < -0.39 is 0 Å². The Morgan fingerprint density at radius 3 is 2.55 bits per heavy atom. The Balaban J connectivity index is 1.33. The molecule has 0 aromatic heterocycles. The van der Waals surface area contributed by atoms with Crippen molar-refractivity contribution in [3.63, 3.8) is 0 Å². The van der Waals surface area contributed by atoms with E-state index in [1.54, 1.807) is 23.1 Å². The Labute approximate surface area is 188 Å². The molecule has 1 N–H and O–H groups in total. The van der Waals surface area contributed by atoms with Gasteiger partial charge in [-0.2, -0.15) is 0 Å². The minimum Gasteiger partial charge on any atom is -0.487 e. The molecule has 0 bridgehead atoms. The fraction of sp³-hybridized carbons (Fsp3) is 0.417. The summed E-state index contributed by atoms with van der Waals surface area (Å²) in [5, 5.41) is 3.60. The van der Waals surface area contributed by atoms with Crippen LogP contribution in [-0.2, 0) is 11.3 Å². The zero-order valence-corrected chi connectivity index (χ0v) is 18.7. The average Bonchev–Trinajstić information content (AvgIpc) is 2.78. The van der Waals surface area contributed by atoms with E-state index in [9.17, 15) is 9.59 Å². The number of urea groups is 1. The quantitative estimate of drug-likeness (QED) is 0.768. The fourth-order valence-electron chi connectivity index (χ4n) is 4.13. The molecule has 1 fully saturated rings. The maximum Gasteiger partial charge on any atom is 0.324 e. The summed E-state index contributed by atoms with van der Waals surface area (Å²) in [6, 6.07) is 13.4. The number of amides is 3. The van der Waals surface area contributed by atoms with E-state index in [1.165, 1.54) is 5.56 Å². The molecule has 6 nitrogen and oxygen atoms in total. The third kappa shape index (κ3) is 4.96. The normalized spacial score (nSPS) is 18.9. The van der Waals surface area contributed by atoms with Gasteiger partial charge in [0.2, 0.25) is 5.91 Å². The third-order valence-electron chi connectivity index (χ3n) is 5.93. The summed E-state index contributed by atoms with van der Waals surface area (Å²) in [6.07, 6.45) is 1.23. The number of benzene rings is 2. The molecule has 0 saturated carbocycles. The number of piperidine rings is 1. The Morgan fingerprint density at radius 2 is 1.84 bits per heavy atom. The molecule has 31 heavy (non-hydrogen) atoms. The van der Waals surface area contributed by atoms with E-state index in [1.807, 2.05) is 43.0 Å². The number of nitrogens with one attached hydrogen (secondary N) is 1. The van der Waals surface area contributed by atoms with Crippen LogP contribution in [-0.4, -0.2) is 42.6 Å². The number of hydrogen-bond acceptors (Lipinski definition) is 3. The summed E-state index contributed by atoms with van der Waals surface area (Å²) in [5.74, 6) is 0.659. The second-order valence-corrected chi connectivity index (χ2v) is 8.83. The highest BCUT2D eigenvalue weighted by molar-refractivity contribution is 6.31. The van der Waals surface area contributed by atoms with Gasteiger partial charge >= 0.3 is 6.03 Å². The number of carbonyl (C=O) groups is 2. The highest BCUT2D eigenvalue weighted by Gasteiger charge is 2.34. The number of nitrogens with zero attached hydrogens (tertiary/aromatic N) is 2. The van der Waals surface area contributed by atoms with Gasteiger partial charge in [-0.25, -0.2) is 4.79 Å². The molecule has 1 saturated heterocycles. The first-order valence-corrected chi connectivity index (χ1v) is 11.1. The van der Waals surface area contributed by atoms with Crippen LogP contribution in [0.2, 0.25) is 5.02 Å². The van der Waals surface area contributed by atoms with E-state index in [4.69, 9.17) is 16.3 Å². The lowest BCUT2D eigenvalue weighted by atomic mass is 9.96. The largest absolute Gasteiger partial charge is 0.487 e. The molecule has 7 heteroatoms. The van der Waals surface area contributed by atoms with Crippen molar-refractivity contribution >= 4 is 29.2 Å². The van der Waals surface area contributed by atoms with Crippen LogP contribution in [0.25, 0.3) is 0 Å². The molecule has 0 aliphatic carbocycles. The molecule has 2 aromatic carbocycles. The maximum atomic E-state index is 13.2. The van der Waals surface area contributed by atoms with Crippen molar-refractivity contribution in [1.82, 2.24) is 10.2 Å². The van der Waals surface area contributed by atoms with Gasteiger partial charge in [0.1, 0.15) is 11.9 Å². The average molecular weight is 442 g/mol. The van der Waals surface area contributed by atoms with E-state index in [-0.39, 0.29) is 24.0 Å². The maximum absolute atomic E-state index is 13.2. The van der Waals surface area contributed by atoms with E-state index >= 15 is 0 Å². The van der Waals surface area contributed by atoms with Crippen LogP contribution in [0.1, 0.15) is 30.9 Å².